The van der Waals surface area contributed by atoms with Crippen LogP contribution in [0.5, 0.6) is 5.75 Å². The third-order valence-corrected chi connectivity index (χ3v) is 4.68. The number of imide groups is 1. The van der Waals surface area contributed by atoms with Crippen LogP contribution in [-0.4, -0.2) is 42.2 Å². The summed E-state index contributed by atoms with van der Waals surface area (Å²) in [5.41, 5.74) is 1.84. The highest BCUT2D eigenvalue weighted by Gasteiger charge is 2.36. The fourth-order valence-electron chi connectivity index (χ4n) is 2.18. The summed E-state index contributed by atoms with van der Waals surface area (Å²) < 4.78 is 5.09. The van der Waals surface area contributed by atoms with Crippen molar-refractivity contribution in [3.8, 4) is 5.75 Å². The third-order valence-electron chi connectivity index (χ3n) is 3.50. The van der Waals surface area contributed by atoms with Crippen LogP contribution in [0.15, 0.2) is 34.7 Å². The Hall–Kier alpha value is -2.28. The lowest BCUT2D eigenvalue weighted by molar-refractivity contribution is -0.129. The van der Waals surface area contributed by atoms with Gasteiger partial charge in [0.1, 0.15) is 12.3 Å². The Labute approximate surface area is 145 Å². The van der Waals surface area contributed by atoms with Crippen LogP contribution in [0.2, 0.25) is 0 Å². The highest BCUT2D eigenvalue weighted by Crippen LogP contribution is 2.32. The summed E-state index contributed by atoms with van der Waals surface area (Å²) in [4.78, 5) is 37.3. The van der Waals surface area contributed by atoms with Gasteiger partial charge in [-0.15, -0.1) is 0 Å². The van der Waals surface area contributed by atoms with Gasteiger partial charge in [-0.1, -0.05) is 17.7 Å². The van der Waals surface area contributed by atoms with Gasteiger partial charge < -0.3 is 10.1 Å². The summed E-state index contributed by atoms with van der Waals surface area (Å²) >= 11 is 0.881. The minimum Gasteiger partial charge on any atom is -0.497 e. The van der Waals surface area contributed by atoms with Crippen molar-refractivity contribution in [3.63, 3.8) is 0 Å². The quantitative estimate of drug-likeness (QED) is 0.799. The molecule has 0 saturated carbocycles. The maximum Gasteiger partial charge on any atom is 0.294 e. The number of benzene rings is 1. The smallest absolute Gasteiger partial charge is 0.294 e. The van der Waals surface area contributed by atoms with Crippen LogP contribution in [0.1, 0.15) is 19.4 Å². The number of methoxy groups -OCH3 is 1. The van der Waals surface area contributed by atoms with Crippen molar-refractivity contribution in [2.75, 3.05) is 20.2 Å². The van der Waals surface area contributed by atoms with E-state index in [9.17, 15) is 14.4 Å². The molecule has 7 heteroatoms. The van der Waals surface area contributed by atoms with Crippen LogP contribution in [0.4, 0.5) is 4.79 Å². The van der Waals surface area contributed by atoms with E-state index < -0.39 is 11.1 Å². The summed E-state index contributed by atoms with van der Waals surface area (Å²) in [6.07, 6.45) is 0.658. The summed E-state index contributed by atoms with van der Waals surface area (Å²) in [5.74, 6) is 0.0394. The molecule has 1 heterocycles. The molecule has 6 nitrogen and oxygen atoms in total. The fraction of sp³-hybridized carbons (Fsp3) is 0.353. The molecule has 1 saturated heterocycles. The number of hydrogen-bond donors (Lipinski definition) is 1. The molecule has 1 aromatic carbocycles. The van der Waals surface area contributed by atoms with E-state index in [2.05, 4.69) is 5.32 Å². The lowest BCUT2D eigenvalue weighted by Gasteiger charge is -2.12. The van der Waals surface area contributed by atoms with Crippen molar-refractivity contribution in [3.05, 3.63) is 40.3 Å². The molecular weight excluding hydrogens is 328 g/mol. The zero-order valence-corrected chi connectivity index (χ0v) is 14.7. The number of hydrogen-bond acceptors (Lipinski definition) is 5. The van der Waals surface area contributed by atoms with Gasteiger partial charge in [-0.2, -0.15) is 0 Å². The van der Waals surface area contributed by atoms with E-state index in [1.165, 1.54) is 0 Å². The normalized spacial score (nSPS) is 14.1. The Morgan fingerprint density at radius 1 is 1.21 bits per heavy atom. The molecule has 0 spiro atoms. The Morgan fingerprint density at radius 3 is 2.42 bits per heavy atom. The molecule has 0 unspecified atom stereocenters. The van der Waals surface area contributed by atoms with Crippen molar-refractivity contribution in [2.45, 2.75) is 20.3 Å². The second-order valence-corrected chi connectivity index (χ2v) is 6.50. The van der Waals surface area contributed by atoms with Gasteiger partial charge in [0.05, 0.1) is 12.0 Å². The van der Waals surface area contributed by atoms with Gasteiger partial charge >= 0.3 is 0 Å². The van der Waals surface area contributed by atoms with Crippen molar-refractivity contribution >= 4 is 28.8 Å². The number of thioether (sulfide) groups is 1. The predicted octanol–water partition coefficient (Wildman–Crippen LogP) is 2.34. The second-order valence-electron chi connectivity index (χ2n) is 5.54. The number of amides is 3. The third kappa shape index (κ3) is 4.38. The van der Waals surface area contributed by atoms with E-state index in [1.807, 2.05) is 24.3 Å². The van der Waals surface area contributed by atoms with Gasteiger partial charge in [-0.05, 0) is 49.7 Å². The zero-order chi connectivity index (χ0) is 17.7. The molecule has 1 aliphatic heterocycles. The molecule has 2 rings (SSSR count). The van der Waals surface area contributed by atoms with Gasteiger partial charge in [-0.25, -0.2) is 0 Å². The Kier molecular flexibility index (Phi) is 6.03. The Bertz CT molecular complexity index is 678. The van der Waals surface area contributed by atoms with Crippen molar-refractivity contribution in [2.24, 2.45) is 0 Å². The van der Waals surface area contributed by atoms with E-state index in [-0.39, 0.29) is 12.5 Å². The van der Waals surface area contributed by atoms with Gasteiger partial charge in [0, 0.05) is 6.54 Å². The summed E-state index contributed by atoms with van der Waals surface area (Å²) in [5, 5.41) is 2.33. The number of allylic oxidation sites excluding steroid dienone is 1. The number of carbonyl (C=O) groups excluding carboxylic acids is 3. The van der Waals surface area contributed by atoms with E-state index >= 15 is 0 Å². The fourth-order valence-corrected chi connectivity index (χ4v) is 3.02. The number of nitrogens with zero attached hydrogens (tertiary/aromatic N) is 1. The van der Waals surface area contributed by atoms with Gasteiger partial charge in [0.2, 0.25) is 5.91 Å². The first kappa shape index (κ1) is 18.1. The molecule has 3 amide bonds. The van der Waals surface area contributed by atoms with E-state index in [0.717, 1.165) is 33.5 Å². The monoisotopic (exact) mass is 348 g/mol. The van der Waals surface area contributed by atoms with Crippen molar-refractivity contribution in [1.29, 1.82) is 0 Å². The first-order valence-electron chi connectivity index (χ1n) is 7.53. The maximum atomic E-state index is 12.1. The Morgan fingerprint density at radius 2 is 1.88 bits per heavy atom. The van der Waals surface area contributed by atoms with Gasteiger partial charge in [-0.3, -0.25) is 19.3 Å². The predicted molar refractivity (Wildman–Crippen MR) is 92.8 cm³/mol. The topological polar surface area (TPSA) is 75.7 Å². The van der Waals surface area contributed by atoms with Crippen LogP contribution in [0.25, 0.3) is 0 Å². The van der Waals surface area contributed by atoms with Gasteiger partial charge in [0.25, 0.3) is 11.1 Å². The molecule has 1 N–H and O–H groups in total. The van der Waals surface area contributed by atoms with Gasteiger partial charge in [0.15, 0.2) is 0 Å². The van der Waals surface area contributed by atoms with E-state index in [0.29, 0.717) is 17.9 Å². The average Bonchev–Trinajstić information content (AvgIpc) is 2.84. The molecule has 0 radical (unpaired) electrons. The summed E-state index contributed by atoms with van der Waals surface area (Å²) in [6, 6.07) is 7.57. The zero-order valence-electron chi connectivity index (χ0n) is 13.9. The molecule has 0 bridgehead atoms. The number of ether oxygens (including phenoxy) is 1. The first-order chi connectivity index (χ1) is 11.4. The largest absolute Gasteiger partial charge is 0.497 e. The van der Waals surface area contributed by atoms with Crippen LogP contribution >= 0.6 is 11.8 Å². The average molecular weight is 348 g/mol. The molecule has 128 valence electrons. The molecule has 1 fully saturated rings. The molecule has 0 aliphatic carbocycles. The van der Waals surface area contributed by atoms with E-state index in [1.54, 1.807) is 21.0 Å². The summed E-state index contributed by atoms with van der Waals surface area (Å²) in [7, 11) is 1.61. The number of carbonyl (C=O) groups is 3. The highest BCUT2D eigenvalue weighted by molar-refractivity contribution is 8.18. The number of rotatable bonds is 6. The highest BCUT2D eigenvalue weighted by atomic mass is 32.2. The Balaban J connectivity index is 1.82. The standard InChI is InChI=1S/C17H20N2O4S/c1-11(2)15-16(21)19(17(22)24-15)10-14(20)18-9-8-12-4-6-13(23-3)7-5-12/h4-7H,8-10H2,1-3H3,(H,18,20). The molecule has 24 heavy (non-hydrogen) atoms. The molecular formula is C17H20N2O4S. The van der Waals surface area contributed by atoms with Crippen molar-refractivity contribution < 1.29 is 19.1 Å². The van der Waals surface area contributed by atoms with Crippen LogP contribution in [0.3, 0.4) is 0 Å². The minimum absolute atomic E-state index is 0.246. The SMILES string of the molecule is COc1ccc(CCNC(=O)CN2C(=O)SC(=C(C)C)C2=O)cc1. The first-order valence-corrected chi connectivity index (χ1v) is 8.34. The van der Waals surface area contributed by atoms with Crippen LogP contribution < -0.4 is 10.1 Å². The van der Waals surface area contributed by atoms with Crippen molar-refractivity contribution in [1.82, 2.24) is 10.2 Å². The second kappa shape index (κ2) is 8.01. The lowest BCUT2D eigenvalue weighted by atomic mass is 10.1. The number of nitrogens with one attached hydrogen (secondary N) is 1. The molecule has 1 aliphatic rings. The molecule has 0 aromatic heterocycles. The van der Waals surface area contributed by atoms with E-state index in [4.69, 9.17) is 4.74 Å². The molecule has 0 atom stereocenters. The van der Waals surface area contributed by atoms with Crippen LogP contribution in [0, 0.1) is 0 Å². The molecule has 1 aromatic rings. The van der Waals surface area contributed by atoms with Crippen LogP contribution in [-0.2, 0) is 16.0 Å². The summed E-state index contributed by atoms with van der Waals surface area (Å²) in [6.45, 7) is 3.73. The minimum atomic E-state index is -0.401. The lowest BCUT2D eigenvalue weighted by Crippen LogP contribution is -2.40. The maximum absolute atomic E-state index is 12.1.